The van der Waals surface area contributed by atoms with E-state index in [-0.39, 0.29) is 18.2 Å². The van der Waals surface area contributed by atoms with Gasteiger partial charge in [-0.2, -0.15) is 0 Å². The number of nitrogens with one attached hydrogen (secondary N) is 1. The molecule has 1 atom stereocenters. The molecule has 39 heavy (non-hydrogen) atoms. The quantitative estimate of drug-likeness (QED) is 0.349. The molecule has 2 fully saturated rings. The van der Waals surface area contributed by atoms with Crippen molar-refractivity contribution in [3.8, 4) is 5.75 Å². The van der Waals surface area contributed by atoms with Gasteiger partial charge in [0.2, 0.25) is 11.8 Å². The van der Waals surface area contributed by atoms with E-state index in [9.17, 15) is 14.4 Å². The third-order valence-electron chi connectivity index (χ3n) is 7.86. The molecular weight excluding hydrogens is 498 g/mol. The average Bonchev–Trinajstić information content (AvgIpc) is 3.28. The largest absolute Gasteiger partial charge is 0.489 e. The van der Waals surface area contributed by atoms with Crippen LogP contribution in [-0.4, -0.2) is 73.6 Å². The maximum Gasteiger partial charge on any atom is 0.255 e. The van der Waals surface area contributed by atoms with Gasteiger partial charge in [0.05, 0.1) is 19.8 Å². The van der Waals surface area contributed by atoms with Crippen molar-refractivity contribution in [2.45, 2.75) is 51.4 Å². The van der Waals surface area contributed by atoms with Crippen LogP contribution in [0.1, 0.15) is 52.7 Å². The minimum atomic E-state index is -0.636. The van der Waals surface area contributed by atoms with Crippen LogP contribution in [0.2, 0.25) is 0 Å². The Labute approximate surface area is 229 Å². The number of likely N-dealkylation sites (tertiary alicyclic amines) is 1. The summed E-state index contributed by atoms with van der Waals surface area (Å²) in [5, 5.41) is 2.34. The number of rotatable bonds is 11. The van der Waals surface area contributed by atoms with Crippen molar-refractivity contribution >= 4 is 17.7 Å². The molecule has 1 N–H and O–H groups in total. The third-order valence-corrected chi connectivity index (χ3v) is 7.86. The normalized spacial score (nSPS) is 20.3. The van der Waals surface area contributed by atoms with E-state index in [0.717, 1.165) is 50.2 Å². The molecule has 0 aliphatic carbocycles. The summed E-state index contributed by atoms with van der Waals surface area (Å²) in [5.74, 6) is 0.375. The molecule has 9 nitrogen and oxygen atoms in total. The summed E-state index contributed by atoms with van der Waals surface area (Å²) in [6.07, 6.45) is 2.89. The first-order chi connectivity index (χ1) is 19.0. The highest BCUT2D eigenvalue weighted by molar-refractivity contribution is 6.05. The van der Waals surface area contributed by atoms with Crippen LogP contribution in [0, 0.1) is 5.92 Å². The van der Waals surface area contributed by atoms with Crippen LogP contribution in [0.15, 0.2) is 42.5 Å². The molecule has 9 heteroatoms. The summed E-state index contributed by atoms with van der Waals surface area (Å²) in [6, 6.07) is 13.3. The van der Waals surface area contributed by atoms with Crippen LogP contribution < -0.4 is 10.1 Å². The molecule has 2 aromatic rings. The van der Waals surface area contributed by atoms with E-state index in [1.165, 1.54) is 5.56 Å². The fraction of sp³-hybridized carbons (Fsp3) is 0.500. The van der Waals surface area contributed by atoms with Gasteiger partial charge in [0.25, 0.3) is 5.91 Å². The third kappa shape index (κ3) is 6.66. The van der Waals surface area contributed by atoms with Crippen molar-refractivity contribution in [3.63, 3.8) is 0 Å². The van der Waals surface area contributed by atoms with Gasteiger partial charge < -0.3 is 19.1 Å². The van der Waals surface area contributed by atoms with E-state index in [0.29, 0.717) is 50.0 Å². The first-order valence-corrected chi connectivity index (χ1v) is 13.8. The first kappa shape index (κ1) is 27.3. The zero-order valence-corrected chi connectivity index (χ0v) is 22.5. The predicted molar refractivity (Wildman–Crippen MR) is 144 cm³/mol. The Hall–Kier alpha value is -3.27. The van der Waals surface area contributed by atoms with Gasteiger partial charge in [-0.3, -0.25) is 24.6 Å². The Morgan fingerprint density at radius 2 is 1.72 bits per heavy atom. The summed E-state index contributed by atoms with van der Waals surface area (Å²) in [6.45, 7) is 5.91. The molecule has 208 valence electrons. The lowest BCUT2D eigenvalue weighted by atomic mass is 9.97. The van der Waals surface area contributed by atoms with Gasteiger partial charge in [-0.1, -0.05) is 30.3 Å². The molecule has 3 amide bonds. The van der Waals surface area contributed by atoms with Crippen molar-refractivity contribution in [1.82, 2.24) is 15.1 Å². The van der Waals surface area contributed by atoms with Crippen molar-refractivity contribution < 1.29 is 28.6 Å². The lowest BCUT2D eigenvalue weighted by Crippen LogP contribution is -2.52. The maximum atomic E-state index is 13.0. The fourth-order valence-electron chi connectivity index (χ4n) is 5.56. The Morgan fingerprint density at radius 3 is 2.46 bits per heavy atom. The van der Waals surface area contributed by atoms with Crippen LogP contribution in [0.3, 0.4) is 0 Å². The molecule has 3 heterocycles. The minimum Gasteiger partial charge on any atom is -0.489 e. The van der Waals surface area contributed by atoms with Gasteiger partial charge in [0.15, 0.2) is 0 Å². The van der Waals surface area contributed by atoms with Crippen molar-refractivity contribution in [1.29, 1.82) is 0 Å². The Balaban J connectivity index is 1.11. The second-order valence-corrected chi connectivity index (χ2v) is 10.6. The molecule has 0 spiro atoms. The number of carbonyl (C=O) groups excluding carboxylic acids is 3. The van der Waals surface area contributed by atoms with E-state index >= 15 is 0 Å². The SMILES string of the molecule is COCCOCC1CCN(Cc2ccc(COc3cccc4c3CN(C3CCC(=O)NC3=O)C4=O)cc2)CC1. The van der Waals surface area contributed by atoms with Gasteiger partial charge in [-0.15, -0.1) is 0 Å². The molecule has 3 aliphatic rings. The van der Waals surface area contributed by atoms with E-state index < -0.39 is 11.9 Å². The molecule has 0 radical (unpaired) electrons. The highest BCUT2D eigenvalue weighted by atomic mass is 16.5. The number of benzene rings is 2. The number of hydrogen-bond acceptors (Lipinski definition) is 7. The van der Waals surface area contributed by atoms with Gasteiger partial charge >= 0.3 is 0 Å². The average molecular weight is 536 g/mol. The zero-order valence-electron chi connectivity index (χ0n) is 22.5. The van der Waals surface area contributed by atoms with E-state index in [4.69, 9.17) is 14.2 Å². The maximum absolute atomic E-state index is 13.0. The molecule has 0 bridgehead atoms. The smallest absolute Gasteiger partial charge is 0.255 e. The summed E-state index contributed by atoms with van der Waals surface area (Å²) in [5.41, 5.74) is 3.67. The Kier molecular flexibility index (Phi) is 8.91. The highest BCUT2D eigenvalue weighted by Gasteiger charge is 2.40. The lowest BCUT2D eigenvalue weighted by molar-refractivity contribution is -0.136. The molecule has 3 aliphatic heterocycles. The molecule has 2 saturated heterocycles. The molecule has 0 saturated carbocycles. The van der Waals surface area contributed by atoms with Crippen molar-refractivity contribution in [3.05, 3.63) is 64.7 Å². The van der Waals surface area contributed by atoms with Crippen molar-refractivity contribution in [2.24, 2.45) is 5.92 Å². The van der Waals surface area contributed by atoms with Crippen LogP contribution >= 0.6 is 0 Å². The lowest BCUT2D eigenvalue weighted by Gasteiger charge is -2.31. The van der Waals surface area contributed by atoms with Gasteiger partial charge in [-0.25, -0.2) is 0 Å². The van der Waals surface area contributed by atoms with Gasteiger partial charge in [0, 0.05) is 37.8 Å². The number of amides is 3. The highest BCUT2D eigenvalue weighted by Crippen LogP contribution is 2.34. The second-order valence-electron chi connectivity index (χ2n) is 10.6. The van der Waals surface area contributed by atoms with E-state index in [2.05, 4.69) is 34.5 Å². The molecule has 1 unspecified atom stereocenters. The zero-order chi connectivity index (χ0) is 27.2. The Bertz CT molecular complexity index is 1180. The van der Waals surface area contributed by atoms with Crippen LogP contribution in [0.5, 0.6) is 5.75 Å². The van der Waals surface area contributed by atoms with Crippen LogP contribution in [-0.2, 0) is 38.8 Å². The summed E-state index contributed by atoms with van der Waals surface area (Å²) >= 11 is 0. The number of hydrogen-bond donors (Lipinski definition) is 1. The molecule has 0 aromatic heterocycles. The topological polar surface area (TPSA) is 97.4 Å². The predicted octanol–water partition coefficient (Wildman–Crippen LogP) is 2.90. The summed E-state index contributed by atoms with van der Waals surface area (Å²) in [7, 11) is 1.69. The second kappa shape index (κ2) is 12.7. The van der Waals surface area contributed by atoms with Crippen LogP contribution in [0.25, 0.3) is 0 Å². The summed E-state index contributed by atoms with van der Waals surface area (Å²) in [4.78, 5) is 40.9. The van der Waals surface area contributed by atoms with Crippen molar-refractivity contribution in [2.75, 3.05) is 40.0 Å². The standard InChI is InChI=1S/C30H37N3O6/c1-37-15-16-38-19-23-11-13-32(14-12-23)17-21-5-7-22(8-6-21)20-39-27-4-2-3-24-25(27)18-33(30(24)36)26-9-10-28(34)31-29(26)35/h2-8,23,26H,9-20H2,1H3,(H,31,34,35). The molecular formula is C30H37N3O6. The first-order valence-electron chi connectivity index (χ1n) is 13.8. The fourth-order valence-corrected chi connectivity index (χ4v) is 5.56. The molecule has 2 aromatic carbocycles. The monoisotopic (exact) mass is 535 g/mol. The van der Waals surface area contributed by atoms with Gasteiger partial charge in [0.1, 0.15) is 18.4 Å². The number of fused-ring (bicyclic) bond motifs is 1. The van der Waals surface area contributed by atoms with Gasteiger partial charge in [-0.05, 0) is 61.5 Å². The number of piperidine rings is 2. The number of ether oxygens (including phenoxy) is 3. The van der Waals surface area contributed by atoms with E-state index in [1.807, 2.05) is 6.07 Å². The minimum absolute atomic E-state index is 0.197. The summed E-state index contributed by atoms with van der Waals surface area (Å²) < 4.78 is 16.9. The Morgan fingerprint density at radius 1 is 0.949 bits per heavy atom. The number of imide groups is 1. The molecule has 5 rings (SSSR count). The number of nitrogens with zero attached hydrogens (tertiary/aromatic N) is 2. The van der Waals surface area contributed by atoms with Crippen LogP contribution in [0.4, 0.5) is 0 Å². The number of methoxy groups -OCH3 is 1. The number of carbonyl (C=O) groups is 3. The van der Waals surface area contributed by atoms with E-state index in [1.54, 1.807) is 24.1 Å².